The summed E-state index contributed by atoms with van der Waals surface area (Å²) in [6, 6.07) is 15.5. The number of carbonyl (C=O) groups excluding carboxylic acids is 2. The van der Waals surface area contributed by atoms with Crippen LogP contribution in [0.2, 0.25) is 5.02 Å². The highest BCUT2D eigenvalue weighted by Gasteiger charge is 2.20. The van der Waals surface area contributed by atoms with Crippen LogP contribution in [0.4, 0.5) is 15.9 Å². The topological polar surface area (TPSA) is 87.2 Å². The van der Waals surface area contributed by atoms with Gasteiger partial charge in [-0.15, -0.1) is 0 Å². The summed E-state index contributed by atoms with van der Waals surface area (Å²) in [5, 5.41) is 6.31. The molecule has 0 aliphatic carbocycles. The average Bonchev–Trinajstić information content (AvgIpc) is 2.89. The first-order chi connectivity index (χ1) is 17.0. The molecule has 0 bridgehead atoms. The van der Waals surface area contributed by atoms with Crippen molar-refractivity contribution in [3.8, 4) is 0 Å². The van der Waals surface area contributed by atoms with Crippen LogP contribution in [0.25, 0.3) is 11.0 Å². The molecule has 1 aliphatic rings. The van der Waals surface area contributed by atoms with Crippen molar-refractivity contribution in [1.82, 2.24) is 15.3 Å². The lowest BCUT2D eigenvalue weighted by Gasteiger charge is -2.28. The van der Waals surface area contributed by atoms with Gasteiger partial charge in [-0.25, -0.2) is 9.37 Å². The number of hydrogen-bond donors (Lipinski definition) is 2. The van der Waals surface area contributed by atoms with Gasteiger partial charge >= 0.3 is 0 Å². The fourth-order valence-corrected chi connectivity index (χ4v) is 4.07. The zero-order valence-corrected chi connectivity index (χ0v) is 19.3. The molecule has 0 saturated carbocycles. The number of benzene rings is 3. The molecule has 2 N–H and O–H groups in total. The third-order valence-electron chi connectivity index (χ3n) is 5.83. The number of carbonyl (C=O) groups is 2. The summed E-state index contributed by atoms with van der Waals surface area (Å²) < 4.78 is 15.3. The lowest BCUT2D eigenvalue weighted by molar-refractivity contribution is 0.101. The zero-order valence-electron chi connectivity index (χ0n) is 18.6. The van der Waals surface area contributed by atoms with E-state index in [1.807, 2.05) is 0 Å². The minimum Gasteiger partial charge on any atom is -0.353 e. The highest BCUT2D eigenvalue weighted by molar-refractivity contribution is 6.30. The van der Waals surface area contributed by atoms with E-state index < -0.39 is 17.5 Å². The lowest BCUT2D eigenvalue weighted by atomic mass is 10.0. The van der Waals surface area contributed by atoms with Crippen LogP contribution in [0.15, 0.2) is 66.9 Å². The second-order valence-electron chi connectivity index (χ2n) is 8.13. The standard InChI is InChI=1S/C26H21ClFN5O2/c27-18-7-4-16(5-8-18)26(35)32-21-3-1-2-19(24(21)28)25(34)17-6-9-20-22(14-17)31-23(15-30-20)33-12-10-29-11-13-33/h1-9,14-15,29H,10-13H2,(H,32,35). The number of nitrogens with one attached hydrogen (secondary N) is 2. The number of anilines is 2. The van der Waals surface area contributed by atoms with Gasteiger partial charge in [-0.1, -0.05) is 17.7 Å². The molecule has 1 amide bonds. The highest BCUT2D eigenvalue weighted by atomic mass is 35.5. The quantitative estimate of drug-likeness (QED) is 0.406. The second kappa shape index (κ2) is 9.77. The van der Waals surface area contributed by atoms with Crippen LogP contribution in [-0.4, -0.2) is 47.8 Å². The van der Waals surface area contributed by atoms with Crippen LogP contribution in [0, 0.1) is 5.82 Å². The van der Waals surface area contributed by atoms with Crippen LogP contribution in [0.5, 0.6) is 0 Å². The average molecular weight is 490 g/mol. The summed E-state index contributed by atoms with van der Waals surface area (Å²) in [6.07, 6.45) is 1.72. The Kier molecular flexibility index (Phi) is 6.39. The van der Waals surface area contributed by atoms with Crippen LogP contribution in [0.3, 0.4) is 0 Å². The van der Waals surface area contributed by atoms with Gasteiger partial charge in [0.1, 0.15) is 5.82 Å². The van der Waals surface area contributed by atoms with E-state index in [0.29, 0.717) is 21.6 Å². The Bertz CT molecular complexity index is 1420. The molecule has 7 nitrogen and oxygen atoms in total. The number of halogens is 2. The summed E-state index contributed by atoms with van der Waals surface area (Å²) in [7, 11) is 0. The first kappa shape index (κ1) is 22.9. The van der Waals surface area contributed by atoms with E-state index in [2.05, 4.69) is 25.5 Å². The molecule has 4 aromatic rings. The Balaban J connectivity index is 1.41. The van der Waals surface area contributed by atoms with Crippen molar-refractivity contribution >= 4 is 45.8 Å². The van der Waals surface area contributed by atoms with Gasteiger partial charge in [-0.3, -0.25) is 14.6 Å². The van der Waals surface area contributed by atoms with Crippen molar-refractivity contribution in [3.63, 3.8) is 0 Å². The molecule has 1 saturated heterocycles. The summed E-state index contributed by atoms with van der Waals surface area (Å²) in [6.45, 7) is 3.36. The molecular formula is C26H21ClFN5O2. The van der Waals surface area contributed by atoms with E-state index in [0.717, 1.165) is 32.0 Å². The smallest absolute Gasteiger partial charge is 0.255 e. The maximum atomic E-state index is 15.3. The zero-order chi connectivity index (χ0) is 24.4. The molecule has 0 atom stereocenters. The third-order valence-corrected chi connectivity index (χ3v) is 6.08. The fourth-order valence-electron chi connectivity index (χ4n) is 3.94. The van der Waals surface area contributed by atoms with E-state index in [4.69, 9.17) is 11.6 Å². The highest BCUT2D eigenvalue weighted by Crippen LogP contribution is 2.24. The van der Waals surface area contributed by atoms with Crippen molar-refractivity contribution in [1.29, 1.82) is 0 Å². The molecule has 0 unspecified atom stereocenters. The van der Waals surface area contributed by atoms with Gasteiger partial charge in [0.25, 0.3) is 5.91 Å². The monoisotopic (exact) mass is 489 g/mol. The van der Waals surface area contributed by atoms with Crippen LogP contribution in [0.1, 0.15) is 26.3 Å². The molecule has 176 valence electrons. The molecule has 0 radical (unpaired) electrons. The minimum atomic E-state index is -0.805. The van der Waals surface area contributed by atoms with E-state index in [9.17, 15) is 9.59 Å². The maximum Gasteiger partial charge on any atom is 0.255 e. The molecule has 1 fully saturated rings. The molecule has 35 heavy (non-hydrogen) atoms. The number of piperazine rings is 1. The van der Waals surface area contributed by atoms with E-state index in [-0.39, 0.29) is 16.8 Å². The van der Waals surface area contributed by atoms with Crippen molar-refractivity contribution < 1.29 is 14.0 Å². The van der Waals surface area contributed by atoms with Gasteiger partial charge in [0.2, 0.25) is 0 Å². The number of amides is 1. The van der Waals surface area contributed by atoms with Crippen molar-refractivity contribution in [3.05, 3.63) is 94.4 Å². The van der Waals surface area contributed by atoms with Crippen molar-refractivity contribution in [2.24, 2.45) is 0 Å². The minimum absolute atomic E-state index is 0.0858. The number of nitrogens with zero attached hydrogens (tertiary/aromatic N) is 3. The molecule has 3 aromatic carbocycles. The summed E-state index contributed by atoms with van der Waals surface area (Å²) in [4.78, 5) is 37.0. The van der Waals surface area contributed by atoms with Gasteiger partial charge in [-0.2, -0.15) is 0 Å². The Hall–Kier alpha value is -3.88. The van der Waals surface area contributed by atoms with Gasteiger partial charge in [-0.05, 0) is 54.6 Å². The van der Waals surface area contributed by atoms with E-state index in [1.165, 1.54) is 30.3 Å². The number of ketones is 1. The maximum absolute atomic E-state index is 15.3. The van der Waals surface area contributed by atoms with Gasteiger partial charge < -0.3 is 15.5 Å². The molecule has 1 aliphatic heterocycles. The molecule has 5 rings (SSSR count). The Morgan fingerprint density at radius 1 is 0.971 bits per heavy atom. The van der Waals surface area contributed by atoms with Gasteiger partial charge in [0.15, 0.2) is 11.6 Å². The Morgan fingerprint density at radius 2 is 1.71 bits per heavy atom. The normalized spacial score (nSPS) is 13.6. The number of aromatic nitrogens is 2. The number of hydrogen-bond acceptors (Lipinski definition) is 6. The SMILES string of the molecule is O=C(Nc1cccc(C(=O)c2ccc3ncc(N4CCNCC4)nc3c2)c1F)c1ccc(Cl)cc1. The van der Waals surface area contributed by atoms with E-state index in [1.54, 1.807) is 36.5 Å². The summed E-state index contributed by atoms with van der Waals surface area (Å²) >= 11 is 5.86. The lowest BCUT2D eigenvalue weighted by Crippen LogP contribution is -2.43. The Morgan fingerprint density at radius 3 is 2.49 bits per heavy atom. The van der Waals surface area contributed by atoms with Gasteiger partial charge in [0.05, 0.1) is 28.5 Å². The van der Waals surface area contributed by atoms with Gasteiger partial charge in [0, 0.05) is 42.3 Å². The largest absolute Gasteiger partial charge is 0.353 e. The molecule has 9 heteroatoms. The summed E-state index contributed by atoms with van der Waals surface area (Å²) in [5.41, 5.74) is 1.56. The van der Waals surface area contributed by atoms with Crippen LogP contribution >= 0.6 is 11.6 Å². The fraction of sp³-hybridized carbons (Fsp3) is 0.154. The number of rotatable bonds is 5. The first-order valence-corrected chi connectivity index (χ1v) is 11.5. The van der Waals surface area contributed by atoms with Crippen LogP contribution < -0.4 is 15.5 Å². The van der Waals surface area contributed by atoms with Crippen molar-refractivity contribution in [2.75, 3.05) is 36.4 Å². The predicted molar refractivity (Wildman–Crippen MR) is 134 cm³/mol. The molecular weight excluding hydrogens is 469 g/mol. The molecule has 2 heterocycles. The second-order valence-corrected chi connectivity index (χ2v) is 8.56. The van der Waals surface area contributed by atoms with Crippen molar-refractivity contribution in [2.45, 2.75) is 0 Å². The first-order valence-electron chi connectivity index (χ1n) is 11.1. The molecule has 0 spiro atoms. The van der Waals surface area contributed by atoms with Crippen LogP contribution in [-0.2, 0) is 0 Å². The molecule has 1 aromatic heterocycles. The number of fused-ring (bicyclic) bond motifs is 1. The summed E-state index contributed by atoms with van der Waals surface area (Å²) in [5.74, 6) is -1.09. The van der Waals surface area contributed by atoms with E-state index >= 15 is 4.39 Å². The third kappa shape index (κ3) is 4.84. The predicted octanol–water partition coefficient (Wildman–Crippen LogP) is 4.32. The Labute approximate surface area is 206 Å².